The van der Waals surface area contributed by atoms with Crippen molar-refractivity contribution in [1.82, 2.24) is 4.90 Å². The van der Waals surface area contributed by atoms with Crippen LogP contribution in [0.25, 0.3) is 11.1 Å². The van der Waals surface area contributed by atoms with Gasteiger partial charge in [0.1, 0.15) is 6.61 Å². The molecule has 35 heavy (non-hydrogen) atoms. The van der Waals surface area contributed by atoms with E-state index in [1.54, 1.807) is 25.1 Å². The molecule has 0 bridgehead atoms. The third kappa shape index (κ3) is 5.19. The number of benzene rings is 3. The van der Waals surface area contributed by atoms with E-state index in [9.17, 15) is 14.4 Å². The molecule has 0 radical (unpaired) electrons. The topological polar surface area (TPSA) is 95.9 Å². The number of ether oxygens (including phenoxy) is 1. The molecule has 0 spiro atoms. The lowest BCUT2D eigenvalue weighted by Crippen LogP contribution is -2.33. The zero-order chi connectivity index (χ0) is 24.9. The van der Waals surface area contributed by atoms with E-state index in [1.165, 1.54) is 4.90 Å². The van der Waals surface area contributed by atoms with Gasteiger partial charge in [-0.05, 0) is 48.2 Å². The quantitative estimate of drug-likeness (QED) is 0.464. The van der Waals surface area contributed by atoms with Crippen LogP contribution in [-0.4, -0.2) is 47.7 Å². The fourth-order valence-electron chi connectivity index (χ4n) is 4.49. The molecule has 3 aromatic carbocycles. The Labute approximate surface area is 204 Å². The number of hydrogen-bond donors (Lipinski definition) is 2. The first-order chi connectivity index (χ1) is 16.9. The number of fused-ring (bicyclic) bond motifs is 3. The van der Waals surface area contributed by atoms with Crippen LogP contribution in [0.3, 0.4) is 0 Å². The summed E-state index contributed by atoms with van der Waals surface area (Å²) in [4.78, 5) is 38.3. The van der Waals surface area contributed by atoms with Crippen LogP contribution in [0.5, 0.6) is 0 Å². The average molecular weight is 473 g/mol. The molecular weight excluding hydrogens is 444 g/mol. The number of carbonyl (C=O) groups is 3. The van der Waals surface area contributed by atoms with Gasteiger partial charge in [0, 0.05) is 19.0 Å². The highest BCUT2D eigenvalue weighted by atomic mass is 16.5. The van der Waals surface area contributed by atoms with Crippen molar-refractivity contribution in [3.8, 4) is 11.1 Å². The Bertz CT molecular complexity index is 1220. The van der Waals surface area contributed by atoms with E-state index in [0.717, 1.165) is 27.8 Å². The predicted octanol–water partition coefficient (Wildman–Crippen LogP) is 5.29. The lowest BCUT2D eigenvalue weighted by molar-refractivity contribution is -0.137. The molecule has 0 aliphatic heterocycles. The van der Waals surface area contributed by atoms with Gasteiger partial charge in [-0.25, -0.2) is 4.79 Å². The standard InChI is InChI=1S/C28H28N2O5/c1-3-30(15-14-26(31)32)27(33)23-16-18(2)12-13-25(23)29-28(34)35-17-24-21-10-6-4-8-19(21)20-9-5-7-11-22(20)24/h4-13,16,24H,3,14-15,17H2,1-2H3,(H,29,34)(H,31,32). The van der Waals surface area contributed by atoms with Gasteiger partial charge in [-0.3, -0.25) is 14.9 Å². The van der Waals surface area contributed by atoms with Gasteiger partial charge in [0.15, 0.2) is 0 Å². The van der Waals surface area contributed by atoms with Gasteiger partial charge in [0.2, 0.25) is 0 Å². The van der Waals surface area contributed by atoms with E-state index in [1.807, 2.05) is 31.2 Å². The summed E-state index contributed by atoms with van der Waals surface area (Å²) < 4.78 is 5.62. The number of anilines is 1. The number of aryl methyl sites for hydroxylation is 1. The van der Waals surface area contributed by atoms with Crippen LogP contribution in [0, 0.1) is 6.92 Å². The first kappa shape index (κ1) is 24.0. The number of carboxylic acids is 1. The highest BCUT2D eigenvalue weighted by Crippen LogP contribution is 2.44. The maximum absolute atomic E-state index is 13.1. The molecule has 0 heterocycles. The first-order valence-electron chi connectivity index (χ1n) is 11.6. The molecular formula is C28H28N2O5. The second-order valence-corrected chi connectivity index (χ2v) is 8.53. The summed E-state index contributed by atoms with van der Waals surface area (Å²) in [7, 11) is 0. The van der Waals surface area contributed by atoms with Crippen molar-refractivity contribution in [3.05, 3.63) is 89.0 Å². The van der Waals surface area contributed by atoms with Crippen LogP contribution in [-0.2, 0) is 9.53 Å². The molecule has 1 aliphatic carbocycles. The molecule has 180 valence electrons. The monoisotopic (exact) mass is 472 g/mol. The Kier molecular flexibility index (Phi) is 7.15. The van der Waals surface area contributed by atoms with Gasteiger partial charge in [-0.15, -0.1) is 0 Å². The van der Waals surface area contributed by atoms with Gasteiger partial charge >= 0.3 is 12.1 Å². The van der Waals surface area contributed by atoms with Crippen molar-refractivity contribution in [1.29, 1.82) is 0 Å². The van der Waals surface area contributed by atoms with Crippen molar-refractivity contribution >= 4 is 23.7 Å². The Balaban J connectivity index is 1.48. The smallest absolute Gasteiger partial charge is 0.411 e. The highest BCUT2D eigenvalue weighted by Gasteiger charge is 2.29. The Morgan fingerprint density at radius 1 is 0.971 bits per heavy atom. The van der Waals surface area contributed by atoms with E-state index in [4.69, 9.17) is 9.84 Å². The molecule has 2 amide bonds. The molecule has 2 N–H and O–H groups in total. The van der Waals surface area contributed by atoms with Crippen molar-refractivity contribution < 1.29 is 24.2 Å². The Morgan fingerprint density at radius 2 is 1.60 bits per heavy atom. The summed E-state index contributed by atoms with van der Waals surface area (Å²) in [5, 5.41) is 11.7. The van der Waals surface area contributed by atoms with Crippen molar-refractivity contribution in [2.45, 2.75) is 26.2 Å². The fraction of sp³-hybridized carbons (Fsp3) is 0.250. The van der Waals surface area contributed by atoms with Gasteiger partial charge in [-0.1, -0.05) is 60.2 Å². The summed E-state index contributed by atoms with van der Waals surface area (Å²) in [6.07, 6.45) is -0.807. The summed E-state index contributed by atoms with van der Waals surface area (Å²) in [5.41, 5.74) is 5.99. The third-order valence-corrected chi connectivity index (χ3v) is 6.25. The molecule has 4 rings (SSSR count). The van der Waals surface area contributed by atoms with Crippen LogP contribution in [0.4, 0.5) is 10.5 Å². The number of aliphatic carboxylic acids is 1. The Hall–Kier alpha value is -4.13. The van der Waals surface area contributed by atoms with Gasteiger partial charge in [0.05, 0.1) is 17.7 Å². The van der Waals surface area contributed by atoms with Crippen LogP contribution >= 0.6 is 0 Å². The lowest BCUT2D eigenvalue weighted by atomic mass is 9.98. The van der Waals surface area contributed by atoms with E-state index >= 15 is 0 Å². The van der Waals surface area contributed by atoms with Gasteiger partial charge in [0.25, 0.3) is 5.91 Å². The number of rotatable bonds is 8. The zero-order valence-electron chi connectivity index (χ0n) is 19.8. The van der Waals surface area contributed by atoms with Crippen LogP contribution in [0.2, 0.25) is 0 Å². The number of carboxylic acid groups (broad SMARTS) is 1. The predicted molar refractivity (Wildman–Crippen MR) is 134 cm³/mol. The maximum atomic E-state index is 13.1. The van der Waals surface area contributed by atoms with Crippen molar-refractivity contribution in [2.24, 2.45) is 0 Å². The summed E-state index contributed by atoms with van der Waals surface area (Å²) in [6, 6.07) is 21.3. The molecule has 1 aliphatic rings. The minimum atomic E-state index is -0.975. The average Bonchev–Trinajstić information content (AvgIpc) is 3.17. The van der Waals surface area contributed by atoms with Crippen LogP contribution in [0.15, 0.2) is 66.7 Å². The lowest BCUT2D eigenvalue weighted by Gasteiger charge is -2.22. The SMILES string of the molecule is CCN(CCC(=O)O)C(=O)c1cc(C)ccc1NC(=O)OCC1c2ccccc2-c2ccccc21. The van der Waals surface area contributed by atoms with E-state index < -0.39 is 12.1 Å². The first-order valence-corrected chi connectivity index (χ1v) is 11.6. The largest absolute Gasteiger partial charge is 0.481 e. The van der Waals surface area contributed by atoms with E-state index in [-0.39, 0.29) is 31.4 Å². The van der Waals surface area contributed by atoms with E-state index in [0.29, 0.717) is 17.8 Å². The third-order valence-electron chi connectivity index (χ3n) is 6.25. The molecule has 3 aromatic rings. The summed E-state index contributed by atoms with van der Waals surface area (Å²) >= 11 is 0. The van der Waals surface area contributed by atoms with Gasteiger partial charge < -0.3 is 14.7 Å². The summed E-state index contributed by atoms with van der Waals surface area (Å²) in [5.74, 6) is -1.39. The number of nitrogens with zero attached hydrogens (tertiary/aromatic N) is 1. The molecule has 7 nitrogen and oxygen atoms in total. The molecule has 0 fully saturated rings. The molecule has 0 saturated carbocycles. The molecule has 0 aromatic heterocycles. The number of carbonyl (C=O) groups excluding carboxylic acids is 2. The zero-order valence-corrected chi connectivity index (χ0v) is 19.8. The molecule has 0 saturated heterocycles. The van der Waals surface area contributed by atoms with E-state index in [2.05, 4.69) is 29.6 Å². The van der Waals surface area contributed by atoms with Crippen molar-refractivity contribution in [2.75, 3.05) is 25.0 Å². The summed E-state index contributed by atoms with van der Waals surface area (Å²) in [6.45, 7) is 4.23. The Morgan fingerprint density at radius 3 is 2.20 bits per heavy atom. The van der Waals surface area contributed by atoms with Crippen LogP contribution < -0.4 is 5.32 Å². The maximum Gasteiger partial charge on any atom is 0.411 e. The molecule has 7 heteroatoms. The second kappa shape index (κ2) is 10.4. The molecule has 0 atom stereocenters. The van der Waals surface area contributed by atoms with Crippen molar-refractivity contribution in [3.63, 3.8) is 0 Å². The van der Waals surface area contributed by atoms with Crippen LogP contribution in [0.1, 0.15) is 46.3 Å². The minimum absolute atomic E-state index is 0.0705. The minimum Gasteiger partial charge on any atom is -0.481 e. The highest BCUT2D eigenvalue weighted by molar-refractivity contribution is 6.03. The second-order valence-electron chi connectivity index (χ2n) is 8.53. The molecule has 0 unspecified atom stereocenters. The number of amides is 2. The normalized spacial score (nSPS) is 11.9. The number of nitrogens with one attached hydrogen (secondary N) is 1. The number of hydrogen-bond acceptors (Lipinski definition) is 4. The fourth-order valence-corrected chi connectivity index (χ4v) is 4.49. The van der Waals surface area contributed by atoms with Gasteiger partial charge in [-0.2, -0.15) is 0 Å².